The topological polar surface area (TPSA) is 68.2 Å². The second-order valence-electron chi connectivity index (χ2n) is 6.37. The average Bonchev–Trinajstić information content (AvgIpc) is 2.69. The zero-order chi connectivity index (χ0) is 20.1. The van der Waals surface area contributed by atoms with Crippen molar-refractivity contribution in [2.45, 2.75) is 18.6 Å². The van der Waals surface area contributed by atoms with Gasteiger partial charge in [-0.1, -0.05) is 23.7 Å². The summed E-state index contributed by atoms with van der Waals surface area (Å²) in [6, 6.07) is 10.8. The first-order valence-corrected chi connectivity index (χ1v) is 9.19. The van der Waals surface area contributed by atoms with Crippen LogP contribution in [0.2, 0.25) is 5.02 Å². The van der Waals surface area contributed by atoms with E-state index in [0.717, 1.165) is 0 Å². The molecule has 1 heterocycles. The van der Waals surface area contributed by atoms with E-state index in [9.17, 15) is 14.3 Å². The van der Waals surface area contributed by atoms with E-state index in [2.05, 4.69) is 0 Å². The van der Waals surface area contributed by atoms with Crippen LogP contribution >= 0.6 is 11.6 Å². The van der Waals surface area contributed by atoms with E-state index in [1.807, 2.05) is 0 Å². The molecule has 1 aliphatic heterocycles. The SMILES string of the molecule is COc1cc(F)ccc1O[C@@H]1CCN(C(=O)COc2ccccc2Cl)C[C@H]1O. The van der Waals surface area contributed by atoms with Gasteiger partial charge in [0.15, 0.2) is 18.1 Å². The minimum Gasteiger partial charge on any atom is -0.493 e. The standard InChI is InChI=1S/C20H21ClFNO5/c1-26-19-10-13(22)6-7-18(19)28-17-8-9-23(11-15(17)24)20(25)12-27-16-5-3-2-4-14(16)21/h2-7,10,15,17,24H,8-9,11-12H2,1H3/t15-,17-/m1/s1. The van der Waals surface area contributed by atoms with Crippen molar-refractivity contribution < 1.29 is 28.5 Å². The Balaban J connectivity index is 1.54. The number of β-amino-alcohol motifs (C(OH)–C–C–N with tert-alkyl or cyclic N) is 1. The molecular formula is C20H21ClFNO5. The van der Waals surface area contributed by atoms with Crippen LogP contribution in [0.1, 0.15) is 6.42 Å². The maximum Gasteiger partial charge on any atom is 0.260 e. The molecule has 2 aromatic rings. The lowest BCUT2D eigenvalue weighted by atomic mass is 10.0. The lowest BCUT2D eigenvalue weighted by Crippen LogP contribution is -2.52. The first-order valence-electron chi connectivity index (χ1n) is 8.81. The van der Waals surface area contributed by atoms with Gasteiger partial charge >= 0.3 is 0 Å². The van der Waals surface area contributed by atoms with Crippen LogP contribution in [-0.2, 0) is 4.79 Å². The predicted octanol–water partition coefficient (Wildman–Crippen LogP) is 2.91. The van der Waals surface area contributed by atoms with Gasteiger partial charge < -0.3 is 24.2 Å². The number of piperidine rings is 1. The lowest BCUT2D eigenvalue weighted by molar-refractivity contribution is -0.139. The monoisotopic (exact) mass is 409 g/mol. The number of amides is 1. The Morgan fingerprint density at radius 2 is 2.04 bits per heavy atom. The van der Waals surface area contributed by atoms with Gasteiger partial charge in [-0.2, -0.15) is 0 Å². The van der Waals surface area contributed by atoms with Gasteiger partial charge in [-0.15, -0.1) is 0 Å². The largest absolute Gasteiger partial charge is 0.493 e. The molecule has 0 aliphatic carbocycles. The van der Waals surface area contributed by atoms with Crippen LogP contribution in [0.4, 0.5) is 4.39 Å². The highest BCUT2D eigenvalue weighted by Crippen LogP contribution is 2.30. The van der Waals surface area contributed by atoms with E-state index in [0.29, 0.717) is 29.5 Å². The smallest absolute Gasteiger partial charge is 0.260 e. The van der Waals surface area contributed by atoms with E-state index >= 15 is 0 Å². The van der Waals surface area contributed by atoms with Crippen molar-refractivity contribution >= 4 is 17.5 Å². The van der Waals surface area contributed by atoms with Crippen molar-refractivity contribution in [2.75, 3.05) is 26.8 Å². The second-order valence-corrected chi connectivity index (χ2v) is 6.77. The molecule has 1 aliphatic rings. The maximum absolute atomic E-state index is 13.3. The number of nitrogens with zero attached hydrogens (tertiary/aromatic N) is 1. The van der Waals surface area contributed by atoms with E-state index in [1.54, 1.807) is 24.3 Å². The fourth-order valence-electron chi connectivity index (χ4n) is 2.97. The molecule has 28 heavy (non-hydrogen) atoms. The first-order chi connectivity index (χ1) is 13.5. The summed E-state index contributed by atoms with van der Waals surface area (Å²) >= 11 is 6.01. The van der Waals surface area contributed by atoms with Gasteiger partial charge in [0.25, 0.3) is 5.91 Å². The summed E-state index contributed by atoms with van der Waals surface area (Å²) in [5.74, 6) is 0.328. The highest BCUT2D eigenvalue weighted by atomic mass is 35.5. The van der Waals surface area contributed by atoms with Crippen LogP contribution in [-0.4, -0.2) is 54.9 Å². The Kier molecular flexibility index (Phi) is 6.59. The van der Waals surface area contributed by atoms with E-state index in [1.165, 1.54) is 30.2 Å². The Bertz CT molecular complexity index is 834. The van der Waals surface area contributed by atoms with Crippen LogP contribution in [0.15, 0.2) is 42.5 Å². The number of rotatable bonds is 6. The van der Waals surface area contributed by atoms with Crippen LogP contribution < -0.4 is 14.2 Å². The number of aliphatic hydroxyl groups excluding tert-OH is 1. The van der Waals surface area contributed by atoms with Gasteiger partial charge in [-0.05, 0) is 24.3 Å². The lowest BCUT2D eigenvalue weighted by Gasteiger charge is -2.36. The van der Waals surface area contributed by atoms with E-state index < -0.39 is 18.0 Å². The molecule has 0 aromatic heterocycles. The summed E-state index contributed by atoms with van der Waals surface area (Å²) in [6.45, 7) is 0.336. The minimum atomic E-state index is -0.896. The highest BCUT2D eigenvalue weighted by molar-refractivity contribution is 6.32. The second kappa shape index (κ2) is 9.12. The molecule has 1 N–H and O–H groups in total. The van der Waals surface area contributed by atoms with Gasteiger partial charge in [0.2, 0.25) is 0 Å². The van der Waals surface area contributed by atoms with Crippen LogP contribution in [0.3, 0.4) is 0 Å². The minimum absolute atomic E-state index is 0.110. The van der Waals surface area contributed by atoms with Crippen molar-refractivity contribution in [3.8, 4) is 17.2 Å². The van der Waals surface area contributed by atoms with Crippen molar-refractivity contribution in [3.63, 3.8) is 0 Å². The Morgan fingerprint density at radius 1 is 1.25 bits per heavy atom. The van der Waals surface area contributed by atoms with E-state index in [4.69, 9.17) is 25.8 Å². The summed E-state index contributed by atoms with van der Waals surface area (Å²) in [5, 5.41) is 10.8. The third-order valence-electron chi connectivity index (χ3n) is 4.46. The van der Waals surface area contributed by atoms with Crippen LogP contribution in [0, 0.1) is 5.82 Å². The highest BCUT2D eigenvalue weighted by Gasteiger charge is 2.32. The molecule has 1 amide bonds. The summed E-state index contributed by atoms with van der Waals surface area (Å²) in [7, 11) is 1.42. The average molecular weight is 410 g/mol. The number of para-hydroxylation sites is 1. The normalized spacial score (nSPS) is 19.2. The molecule has 8 heteroatoms. The van der Waals surface area contributed by atoms with Gasteiger partial charge in [-0.25, -0.2) is 4.39 Å². The molecule has 2 atom stereocenters. The Hall–Kier alpha value is -2.51. The number of hydrogen-bond donors (Lipinski definition) is 1. The number of likely N-dealkylation sites (tertiary alicyclic amines) is 1. The van der Waals surface area contributed by atoms with Crippen molar-refractivity contribution in [2.24, 2.45) is 0 Å². The van der Waals surface area contributed by atoms with Crippen molar-refractivity contribution in [1.82, 2.24) is 4.90 Å². The molecule has 0 saturated carbocycles. The number of carbonyl (C=O) groups excluding carboxylic acids is 1. The number of methoxy groups -OCH3 is 1. The van der Waals surface area contributed by atoms with Crippen LogP contribution in [0.5, 0.6) is 17.2 Å². The summed E-state index contributed by atoms with van der Waals surface area (Å²) in [5.41, 5.74) is 0. The fourth-order valence-corrected chi connectivity index (χ4v) is 3.16. The molecule has 2 aromatic carbocycles. The molecule has 0 spiro atoms. The molecule has 1 saturated heterocycles. The van der Waals surface area contributed by atoms with E-state index in [-0.39, 0.29) is 24.8 Å². The maximum atomic E-state index is 13.3. The van der Waals surface area contributed by atoms with Crippen LogP contribution in [0.25, 0.3) is 0 Å². The van der Waals surface area contributed by atoms with Gasteiger partial charge in [-0.3, -0.25) is 4.79 Å². The fraction of sp³-hybridized carbons (Fsp3) is 0.350. The molecular weight excluding hydrogens is 389 g/mol. The molecule has 0 unspecified atom stereocenters. The zero-order valence-electron chi connectivity index (χ0n) is 15.3. The van der Waals surface area contributed by atoms with Crippen molar-refractivity contribution in [1.29, 1.82) is 0 Å². The number of benzene rings is 2. The summed E-state index contributed by atoms with van der Waals surface area (Å²) < 4.78 is 29.7. The molecule has 1 fully saturated rings. The number of halogens is 2. The molecule has 6 nitrogen and oxygen atoms in total. The predicted molar refractivity (Wildman–Crippen MR) is 102 cm³/mol. The number of carbonyl (C=O) groups is 1. The Morgan fingerprint density at radius 3 is 2.75 bits per heavy atom. The Labute approximate surface area is 167 Å². The van der Waals surface area contributed by atoms with Gasteiger partial charge in [0.05, 0.1) is 18.7 Å². The number of aliphatic hydroxyl groups is 1. The van der Waals surface area contributed by atoms with Gasteiger partial charge in [0.1, 0.15) is 23.8 Å². The molecule has 0 radical (unpaired) electrons. The quantitative estimate of drug-likeness (QED) is 0.794. The molecule has 3 rings (SSSR count). The van der Waals surface area contributed by atoms with Crippen molar-refractivity contribution in [3.05, 3.63) is 53.3 Å². The molecule has 0 bridgehead atoms. The zero-order valence-corrected chi connectivity index (χ0v) is 16.1. The number of hydrogen-bond acceptors (Lipinski definition) is 5. The summed E-state index contributed by atoms with van der Waals surface area (Å²) in [4.78, 5) is 13.9. The third kappa shape index (κ3) is 4.85. The first kappa shape index (κ1) is 20.2. The molecule has 150 valence electrons. The third-order valence-corrected chi connectivity index (χ3v) is 4.78. The number of ether oxygens (including phenoxy) is 3. The summed E-state index contributed by atoms with van der Waals surface area (Å²) in [6.07, 6.45) is -1.01. The van der Waals surface area contributed by atoms with Gasteiger partial charge in [0, 0.05) is 19.0 Å².